The zero-order chi connectivity index (χ0) is 11.9. The van der Waals surface area contributed by atoms with Gasteiger partial charge in [-0.1, -0.05) is 22.9 Å². The minimum atomic E-state index is -0.257. The highest BCUT2D eigenvalue weighted by atomic mass is 79.9. The van der Waals surface area contributed by atoms with E-state index in [1.807, 2.05) is 0 Å². The van der Waals surface area contributed by atoms with E-state index in [-0.39, 0.29) is 16.5 Å². The molecule has 0 saturated carbocycles. The third-order valence-electron chi connectivity index (χ3n) is 3.35. The molecule has 0 radical (unpaired) electrons. The summed E-state index contributed by atoms with van der Waals surface area (Å²) in [6, 6.07) is 1.31. The summed E-state index contributed by atoms with van der Waals surface area (Å²) >= 11 is 3.49. The van der Waals surface area contributed by atoms with Gasteiger partial charge in [0.1, 0.15) is 11.6 Å². The van der Waals surface area contributed by atoms with Crippen molar-refractivity contribution in [3.63, 3.8) is 0 Å². The Bertz CT molecular complexity index is 415. The summed E-state index contributed by atoms with van der Waals surface area (Å²) in [6.07, 6.45) is 2.43. The fraction of sp³-hybridized carbons (Fsp3) is 0.538. The van der Waals surface area contributed by atoms with Crippen molar-refractivity contribution < 1.29 is 8.78 Å². The highest BCUT2D eigenvalue weighted by Crippen LogP contribution is 2.40. The molecule has 0 nitrogen and oxygen atoms in total. The Morgan fingerprint density at radius 2 is 2.06 bits per heavy atom. The molecule has 88 valence electrons. The Balaban J connectivity index is 2.59. The first-order valence-corrected chi connectivity index (χ1v) is 6.53. The molecular weight excluding hydrogens is 274 g/mol. The number of fused-ring (bicyclic) bond motifs is 1. The van der Waals surface area contributed by atoms with Crippen molar-refractivity contribution in [2.45, 2.75) is 37.9 Å². The topological polar surface area (TPSA) is 0 Å². The molecule has 2 atom stereocenters. The first kappa shape index (κ1) is 12.0. The highest BCUT2D eigenvalue weighted by molar-refractivity contribution is 9.09. The number of benzene rings is 1. The van der Waals surface area contributed by atoms with Gasteiger partial charge in [-0.2, -0.15) is 0 Å². The van der Waals surface area contributed by atoms with Gasteiger partial charge in [-0.25, -0.2) is 8.78 Å². The zero-order valence-corrected chi connectivity index (χ0v) is 11.1. The van der Waals surface area contributed by atoms with Gasteiger partial charge in [-0.3, -0.25) is 0 Å². The summed E-state index contributed by atoms with van der Waals surface area (Å²) in [5, 5.41) is 0. The van der Waals surface area contributed by atoms with Crippen LogP contribution in [-0.4, -0.2) is 0 Å². The second-order valence-corrected chi connectivity index (χ2v) is 5.83. The van der Waals surface area contributed by atoms with Crippen molar-refractivity contribution in [1.82, 2.24) is 0 Å². The lowest BCUT2D eigenvalue weighted by molar-refractivity contribution is 0.502. The molecule has 0 aliphatic heterocycles. The van der Waals surface area contributed by atoms with E-state index in [2.05, 4.69) is 22.9 Å². The van der Waals surface area contributed by atoms with Crippen molar-refractivity contribution >= 4 is 15.9 Å². The lowest BCUT2D eigenvalue weighted by Crippen LogP contribution is -2.04. The standard InChI is InChI=1S/C13H15BrF2/c1-7-3-4-9-11(15)6-8(2)13(16)12(9)10(14)5-7/h6-7,10H,3-5H2,1-2H3. The van der Waals surface area contributed by atoms with Crippen LogP contribution in [0.2, 0.25) is 0 Å². The van der Waals surface area contributed by atoms with Crippen LogP contribution in [0, 0.1) is 24.5 Å². The molecule has 0 bridgehead atoms. The first-order valence-electron chi connectivity index (χ1n) is 5.62. The molecule has 1 aromatic rings. The smallest absolute Gasteiger partial charge is 0.130 e. The van der Waals surface area contributed by atoms with Crippen LogP contribution in [0.3, 0.4) is 0 Å². The van der Waals surface area contributed by atoms with Gasteiger partial charge in [0, 0.05) is 10.4 Å². The largest absolute Gasteiger partial charge is 0.207 e. The molecule has 0 fully saturated rings. The fourth-order valence-corrected chi connectivity index (χ4v) is 3.49. The Morgan fingerprint density at radius 1 is 1.38 bits per heavy atom. The lowest BCUT2D eigenvalue weighted by Gasteiger charge is -2.15. The molecule has 1 aliphatic rings. The van der Waals surface area contributed by atoms with Crippen LogP contribution >= 0.6 is 15.9 Å². The average molecular weight is 289 g/mol. The molecule has 0 amide bonds. The average Bonchev–Trinajstić information content (AvgIpc) is 2.34. The van der Waals surface area contributed by atoms with Crippen LogP contribution in [0.15, 0.2) is 6.07 Å². The van der Waals surface area contributed by atoms with Crippen molar-refractivity contribution in [1.29, 1.82) is 0 Å². The second kappa shape index (κ2) is 4.44. The summed E-state index contributed by atoms with van der Waals surface area (Å²) < 4.78 is 27.8. The minimum Gasteiger partial charge on any atom is -0.207 e. The molecule has 0 N–H and O–H groups in total. The summed E-state index contributed by atoms with van der Waals surface area (Å²) in [5.41, 5.74) is 1.51. The van der Waals surface area contributed by atoms with Crippen molar-refractivity contribution in [3.8, 4) is 0 Å². The number of hydrogen-bond acceptors (Lipinski definition) is 0. The quantitative estimate of drug-likeness (QED) is 0.480. The van der Waals surface area contributed by atoms with E-state index in [9.17, 15) is 8.78 Å². The van der Waals surface area contributed by atoms with Crippen LogP contribution in [0.25, 0.3) is 0 Å². The van der Waals surface area contributed by atoms with Crippen LogP contribution in [0.5, 0.6) is 0 Å². The van der Waals surface area contributed by atoms with Crippen LogP contribution < -0.4 is 0 Å². The first-order chi connectivity index (χ1) is 7.50. The number of hydrogen-bond donors (Lipinski definition) is 0. The van der Waals surface area contributed by atoms with Gasteiger partial charge in [0.25, 0.3) is 0 Å². The SMILES string of the molecule is Cc1cc(F)c2c(c1F)C(Br)CC(C)CC2. The lowest BCUT2D eigenvalue weighted by atomic mass is 9.99. The molecule has 16 heavy (non-hydrogen) atoms. The van der Waals surface area contributed by atoms with Crippen LogP contribution in [0.4, 0.5) is 8.78 Å². The summed E-state index contributed by atoms with van der Waals surface area (Å²) in [4.78, 5) is -0.0607. The van der Waals surface area contributed by atoms with Gasteiger partial charge in [-0.15, -0.1) is 0 Å². The maximum atomic E-state index is 14.0. The third-order valence-corrected chi connectivity index (χ3v) is 4.18. The summed E-state index contributed by atoms with van der Waals surface area (Å²) in [5.74, 6) is -0.00398. The summed E-state index contributed by atoms with van der Waals surface area (Å²) in [7, 11) is 0. The Labute approximate surface area is 103 Å². The molecule has 0 heterocycles. The predicted octanol–water partition coefficient (Wildman–Crippen LogP) is 4.68. The van der Waals surface area contributed by atoms with Gasteiger partial charge in [0.2, 0.25) is 0 Å². The van der Waals surface area contributed by atoms with E-state index in [1.165, 1.54) is 6.07 Å². The zero-order valence-electron chi connectivity index (χ0n) is 9.49. The molecule has 2 rings (SSSR count). The number of halogens is 3. The molecule has 1 aliphatic carbocycles. The molecule has 0 saturated heterocycles. The number of alkyl halides is 1. The van der Waals surface area contributed by atoms with E-state index in [4.69, 9.17) is 0 Å². The van der Waals surface area contributed by atoms with E-state index >= 15 is 0 Å². The molecular formula is C13H15BrF2. The van der Waals surface area contributed by atoms with Crippen molar-refractivity contribution in [3.05, 3.63) is 34.4 Å². The van der Waals surface area contributed by atoms with E-state index in [1.54, 1.807) is 6.92 Å². The van der Waals surface area contributed by atoms with Gasteiger partial charge in [0.05, 0.1) is 0 Å². The van der Waals surface area contributed by atoms with Gasteiger partial charge in [-0.05, 0) is 49.3 Å². The number of aryl methyl sites for hydroxylation is 1. The van der Waals surface area contributed by atoms with Crippen molar-refractivity contribution in [2.24, 2.45) is 5.92 Å². The van der Waals surface area contributed by atoms with Crippen molar-refractivity contribution in [2.75, 3.05) is 0 Å². The van der Waals surface area contributed by atoms with Gasteiger partial charge in [0.15, 0.2) is 0 Å². The Kier molecular flexibility index (Phi) is 3.34. The van der Waals surface area contributed by atoms with E-state index in [0.717, 1.165) is 12.8 Å². The molecule has 2 unspecified atom stereocenters. The second-order valence-electron chi connectivity index (χ2n) is 4.73. The maximum Gasteiger partial charge on any atom is 0.130 e. The monoisotopic (exact) mass is 288 g/mol. The van der Waals surface area contributed by atoms with Gasteiger partial charge >= 0.3 is 0 Å². The molecule has 1 aromatic carbocycles. The fourth-order valence-electron chi connectivity index (χ4n) is 2.37. The van der Waals surface area contributed by atoms with E-state index < -0.39 is 0 Å². The van der Waals surface area contributed by atoms with Crippen LogP contribution in [0.1, 0.15) is 41.3 Å². The molecule has 3 heteroatoms. The van der Waals surface area contributed by atoms with Crippen LogP contribution in [-0.2, 0) is 6.42 Å². The number of rotatable bonds is 0. The maximum absolute atomic E-state index is 14.0. The highest BCUT2D eigenvalue weighted by Gasteiger charge is 2.26. The molecule has 0 aromatic heterocycles. The normalized spacial score (nSPS) is 25.1. The van der Waals surface area contributed by atoms with E-state index in [0.29, 0.717) is 29.0 Å². The summed E-state index contributed by atoms with van der Waals surface area (Å²) in [6.45, 7) is 3.75. The van der Waals surface area contributed by atoms with Gasteiger partial charge < -0.3 is 0 Å². The predicted molar refractivity (Wildman–Crippen MR) is 64.9 cm³/mol. The molecule has 0 spiro atoms. The Hall–Kier alpha value is -0.440. The Morgan fingerprint density at radius 3 is 2.75 bits per heavy atom. The third kappa shape index (κ3) is 2.02. The minimum absolute atomic E-state index is 0.0607.